The summed E-state index contributed by atoms with van der Waals surface area (Å²) in [6.45, 7) is 3.59. The third-order valence-electron chi connectivity index (χ3n) is 5.17. The summed E-state index contributed by atoms with van der Waals surface area (Å²) in [4.78, 5) is 26.0. The molecular weight excluding hydrogens is 284 g/mol. The van der Waals surface area contributed by atoms with E-state index in [1.165, 1.54) is 0 Å². The zero-order valence-electron chi connectivity index (χ0n) is 13.0. The maximum atomic E-state index is 12.8. The van der Waals surface area contributed by atoms with Crippen molar-refractivity contribution in [2.75, 3.05) is 0 Å². The Balaban J connectivity index is 1.83. The summed E-state index contributed by atoms with van der Waals surface area (Å²) in [5.41, 5.74) is 1.49. The lowest BCUT2D eigenvalue weighted by Crippen LogP contribution is -2.46. The van der Waals surface area contributed by atoms with Gasteiger partial charge in [0.25, 0.3) is 0 Å². The molecule has 0 spiro atoms. The normalized spacial score (nSPS) is 27.7. The number of carboxylic acids is 1. The number of carbonyl (C=O) groups is 2. The molecule has 3 rings (SSSR count). The molecule has 1 saturated heterocycles. The van der Waals surface area contributed by atoms with E-state index >= 15 is 0 Å². The summed E-state index contributed by atoms with van der Waals surface area (Å²) in [6, 6.07) is -0.594. The summed E-state index contributed by atoms with van der Waals surface area (Å²) in [7, 11) is 0. The van der Waals surface area contributed by atoms with Gasteiger partial charge in [-0.3, -0.25) is 4.79 Å². The Kier molecular flexibility index (Phi) is 3.93. The van der Waals surface area contributed by atoms with Crippen LogP contribution in [0, 0.1) is 19.8 Å². The number of nitrogens with zero attached hydrogens (tertiary/aromatic N) is 2. The van der Waals surface area contributed by atoms with Gasteiger partial charge in [0, 0.05) is 11.6 Å². The zero-order chi connectivity index (χ0) is 15.9. The van der Waals surface area contributed by atoms with Gasteiger partial charge in [0.15, 0.2) is 0 Å². The van der Waals surface area contributed by atoms with Crippen LogP contribution in [0.3, 0.4) is 0 Å². The second kappa shape index (κ2) is 5.74. The van der Waals surface area contributed by atoms with E-state index in [0.29, 0.717) is 23.8 Å². The molecule has 0 bridgehead atoms. The number of hydrogen-bond acceptors (Lipinski definition) is 4. The van der Waals surface area contributed by atoms with Crippen molar-refractivity contribution in [2.45, 2.75) is 64.5 Å². The van der Waals surface area contributed by atoms with Crippen molar-refractivity contribution in [1.29, 1.82) is 0 Å². The van der Waals surface area contributed by atoms with E-state index in [1.807, 2.05) is 0 Å². The van der Waals surface area contributed by atoms with Crippen LogP contribution >= 0.6 is 0 Å². The summed E-state index contributed by atoms with van der Waals surface area (Å²) >= 11 is 0. The van der Waals surface area contributed by atoms with Crippen LogP contribution in [0.25, 0.3) is 0 Å². The SMILES string of the molecule is Cc1noc(C)c1CC(=O)N1[C@H](C(=O)O)C[C@H]2CCCC[C@@H]21. The number of carbonyl (C=O) groups excluding carboxylic acids is 1. The molecule has 22 heavy (non-hydrogen) atoms. The molecule has 1 saturated carbocycles. The van der Waals surface area contributed by atoms with Gasteiger partial charge in [0.05, 0.1) is 12.1 Å². The monoisotopic (exact) mass is 306 g/mol. The fourth-order valence-electron chi connectivity index (χ4n) is 4.04. The highest BCUT2D eigenvalue weighted by atomic mass is 16.5. The maximum Gasteiger partial charge on any atom is 0.326 e. The lowest BCUT2D eigenvalue weighted by Gasteiger charge is -2.33. The molecule has 1 aromatic heterocycles. The Hall–Kier alpha value is -1.85. The van der Waals surface area contributed by atoms with E-state index in [9.17, 15) is 14.7 Å². The molecule has 0 aromatic carbocycles. The molecule has 1 aliphatic heterocycles. The van der Waals surface area contributed by atoms with Crippen LogP contribution in [-0.4, -0.2) is 39.1 Å². The average molecular weight is 306 g/mol. The molecule has 3 atom stereocenters. The van der Waals surface area contributed by atoms with E-state index in [2.05, 4.69) is 5.16 Å². The number of likely N-dealkylation sites (tertiary alicyclic amines) is 1. The highest BCUT2D eigenvalue weighted by Gasteiger charge is 2.47. The summed E-state index contributed by atoms with van der Waals surface area (Å²) in [5.74, 6) is -0.0294. The lowest BCUT2D eigenvalue weighted by molar-refractivity contribution is -0.149. The molecule has 120 valence electrons. The standard InChI is InChI=1S/C16H22N2O4/c1-9-12(10(2)22-17-9)8-15(19)18-13-6-4-3-5-11(13)7-14(18)16(20)21/h11,13-14H,3-8H2,1-2H3,(H,20,21)/t11-,13+,14+/m1/s1. The van der Waals surface area contributed by atoms with Gasteiger partial charge in [0.2, 0.25) is 5.91 Å². The van der Waals surface area contributed by atoms with E-state index in [4.69, 9.17) is 4.52 Å². The first kappa shape index (κ1) is 15.1. The fraction of sp³-hybridized carbons (Fsp3) is 0.688. The number of aromatic nitrogens is 1. The van der Waals surface area contributed by atoms with Gasteiger partial charge < -0.3 is 14.5 Å². The summed E-state index contributed by atoms with van der Waals surface area (Å²) in [5, 5.41) is 13.4. The average Bonchev–Trinajstić information content (AvgIpc) is 3.02. The van der Waals surface area contributed by atoms with E-state index in [0.717, 1.165) is 31.2 Å². The van der Waals surface area contributed by atoms with Gasteiger partial charge in [-0.25, -0.2) is 4.79 Å². The third kappa shape index (κ3) is 2.51. The molecule has 1 N–H and O–H groups in total. The number of hydrogen-bond donors (Lipinski definition) is 1. The van der Waals surface area contributed by atoms with Crippen LogP contribution in [0.4, 0.5) is 0 Å². The number of rotatable bonds is 3. The molecule has 0 unspecified atom stereocenters. The first-order valence-electron chi connectivity index (χ1n) is 7.94. The molecule has 1 amide bonds. The molecule has 2 fully saturated rings. The van der Waals surface area contributed by atoms with Crippen LogP contribution in [-0.2, 0) is 16.0 Å². The van der Waals surface area contributed by atoms with Crippen molar-refractivity contribution in [1.82, 2.24) is 10.1 Å². The number of fused-ring (bicyclic) bond motifs is 1. The molecule has 6 heteroatoms. The van der Waals surface area contributed by atoms with Gasteiger partial charge in [0.1, 0.15) is 11.8 Å². The Labute approximate surface area is 129 Å². The van der Waals surface area contributed by atoms with Crippen LogP contribution in [0.1, 0.15) is 49.1 Å². The largest absolute Gasteiger partial charge is 0.480 e. The zero-order valence-corrected chi connectivity index (χ0v) is 13.0. The minimum atomic E-state index is -0.887. The smallest absolute Gasteiger partial charge is 0.326 e. The summed E-state index contributed by atoms with van der Waals surface area (Å²) in [6.07, 6.45) is 4.93. The predicted octanol–water partition coefficient (Wildman–Crippen LogP) is 2.08. The van der Waals surface area contributed by atoms with Crippen molar-refractivity contribution in [3.63, 3.8) is 0 Å². The van der Waals surface area contributed by atoms with Gasteiger partial charge in [-0.2, -0.15) is 0 Å². The Morgan fingerprint density at radius 3 is 2.68 bits per heavy atom. The molecule has 2 aliphatic rings. The first-order valence-corrected chi connectivity index (χ1v) is 7.94. The number of carboxylic acid groups (broad SMARTS) is 1. The Bertz CT molecular complexity index is 575. The molecule has 1 aliphatic carbocycles. The number of aryl methyl sites for hydroxylation is 2. The van der Waals surface area contributed by atoms with Gasteiger partial charge >= 0.3 is 5.97 Å². The Morgan fingerprint density at radius 1 is 1.32 bits per heavy atom. The predicted molar refractivity (Wildman–Crippen MR) is 78.3 cm³/mol. The van der Waals surface area contributed by atoms with Crippen molar-refractivity contribution < 1.29 is 19.2 Å². The lowest BCUT2D eigenvalue weighted by atomic mass is 9.84. The van der Waals surface area contributed by atoms with Gasteiger partial charge in [-0.05, 0) is 39.0 Å². The van der Waals surface area contributed by atoms with E-state index in [1.54, 1.807) is 18.7 Å². The van der Waals surface area contributed by atoms with Crippen molar-refractivity contribution in [2.24, 2.45) is 5.92 Å². The van der Waals surface area contributed by atoms with Crippen molar-refractivity contribution >= 4 is 11.9 Å². The first-order chi connectivity index (χ1) is 10.5. The van der Waals surface area contributed by atoms with Gasteiger partial charge in [-0.15, -0.1) is 0 Å². The highest BCUT2D eigenvalue weighted by Crippen LogP contribution is 2.40. The van der Waals surface area contributed by atoms with Crippen molar-refractivity contribution in [3.8, 4) is 0 Å². The molecule has 2 heterocycles. The minimum absolute atomic E-state index is 0.0859. The van der Waals surface area contributed by atoms with Crippen LogP contribution in [0.15, 0.2) is 4.52 Å². The molecule has 1 aromatic rings. The fourth-order valence-corrected chi connectivity index (χ4v) is 4.04. The van der Waals surface area contributed by atoms with Crippen LogP contribution in [0.5, 0.6) is 0 Å². The van der Waals surface area contributed by atoms with Crippen LogP contribution < -0.4 is 0 Å². The highest BCUT2D eigenvalue weighted by molar-refractivity contribution is 5.86. The second-order valence-electron chi connectivity index (χ2n) is 6.48. The number of amides is 1. The van der Waals surface area contributed by atoms with E-state index in [-0.39, 0.29) is 18.4 Å². The molecule has 0 radical (unpaired) electrons. The van der Waals surface area contributed by atoms with Crippen LogP contribution in [0.2, 0.25) is 0 Å². The number of aliphatic carboxylic acids is 1. The third-order valence-corrected chi connectivity index (χ3v) is 5.17. The minimum Gasteiger partial charge on any atom is -0.480 e. The topological polar surface area (TPSA) is 83.6 Å². The second-order valence-corrected chi connectivity index (χ2v) is 6.48. The molecule has 6 nitrogen and oxygen atoms in total. The summed E-state index contributed by atoms with van der Waals surface area (Å²) < 4.78 is 5.10. The molecular formula is C16H22N2O4. The van der Waals surface area contributed by atoms with E-state index < -0.39 is 12.0 Å². The van der Waals surface area contributed by atoms with Crippen molar-refractivity contribution in [3.05, 3.63) is 17.0 Å². The Morgan fingerprint density at radius 2 is 2.05 bits per heavy atom. The quantitative estimate of drug-likeness (QED) is 0.924. The maximum absolute atomic E-state index is 12.8. The van der Waals surface area contributed by atoms with Gasteiger partial charge in [-0.1, -0.05) is 18.0 Å².